The molecule has 2 atom stereocenters. The zero-order chi connectivity index (χ0) is 14.4. The fourth-order valence-corrected chi connectivity index (χ4v) is 4.01. The first kappa shape index (κ1) is 13.4. The van der Waals surface area contributed by atoms with Crippen LogP contribution in [0.25, 0.3) is 10.1 Å². The summed E-state index contributed by atoms with van der Waals surface area (Å²) in [4.78, 5) is 15.3. The number of rotatable bonds is 1. The number of thiophene rings is 1. The third-order valence-corrected chi connectivity index (χ3v) is 5.51. The Bertz CT molecular complexity index is 666. The molecule has 3 rings (SSSR count). The molecule has 0 bridgehead atoms. The first-order valence-corrected chi connectivity index (χ1v) is 7.87. The standard InChI is InChI=1S/C16H20N2OS/c1-9-4-5-12-13(6-9)20-15(14(12)17)16(19)18-7-10(2)11(3)8-18/h4-6,10-11H,7-8,17H2,1-3H3. The van der Waals surface area contributed by atoms with Crippen LogP contribution in [0, 0.1) is 18.8 Å². The Kier molecular flexibility index (Phi) is 3.21. The van der Waals surface area contributed by atoms with Crippen LogP contribution in [0.1, 0.15) is 29.1 Å². The van der Waals surface area contributed by atoms with Crippen molar-refractivity contribution in [3.63, 3.8) is 0 Å². The van der Waals surface area contributed by atoms with Crippen LogP contribution in [-0.2, 0) is 0 Å². The van der Waals surface area contributed by atoms with Gasteiger partial charge in [-0.2, -0.15) is 0 Å². The molecule has 1 aromatic carbocycles. The summed E-state index contributed by atoms with van der Waals surface area (Å²) in [5, 5.41) is 1.00. The van der Waals surface area contributed by atoms with Crippen molar-refractivity contribution in [2.24, 2.45) is 11.8 Å². The van der Waals surface area contributed by atoms with Crippen molar-refractivity contribution < 1.29 is 4.79 Å². The fraction of sp³-hybridized carbons (Fsp3) is 0.438. The average molecular weight is 288 g/mol. The number of fused-ring (bicyclic) bond motifs is 1. The molecule has 2 unspecified atom stereocenters. The predicted molar refractivity (Wildman–Crippen MR) is 85.2 cm³/mol. The van der Waals surface area contributed by atoms with E-state index < -0.39 is 0 Å². The molecule has 1 saturated heterocycles. The van der Waals surface area contributed by atoms with E-state index in [1.165, 1.54) is 16.9 Å². The number of likely N-dealkylation sites (tertiary alicyclic amines) is 1. The molecule has 0 aliphatic carbocycles. The number of carbonyl (C=O) groups excluding carboxylic acids is 1. The molecule has 106 valence electrons. The molecule has 4 heteroatoms. The lowest BCUT2D eigenvalue weighted by Gasteiger charge is -2.15. The van der Waals surface area contributed by atoms with E-state index in [2.05, 4.69) is 26.8 Å². The Balaban J connectivity index is 1.98. The minimum Gasteiger partial charge on any atom is -0.397 e. The van der Waals surface area contributed by atoms with Gasteiger partial charge in [-0.1, -0.05) is 26.0 Å². The summed E-state index contributed by atoms with van der Waals surface area (Å²) in [6, 6.07) is 6.16. The largest absolute Gasteiger partial charge is 0.397 e. The number of nitrogens with two attached hydrogens (primary N) is 1. The van der Waals surface area contributed by atoms with Gasteiger partial charge in [0.1, 0.15) is 4.88 Å². The molecule has 2 heterocycles. The average Bonchev–Trinajstić information content (AvgIpc) is 2.90. The van der Waals surface area contributed by atoms with Gasteiger partial charge >= 0.3 is 0 Å². The van der Waals surface area contributed by atoms with Crippen LogP contribution in [0.4, 0.5) is 5.69 Å². The molecule has 0 saturated carbocycles. The maximum atomic E-state index is 12.7. The molecule has 0 spiro atoms. The Labute approximate surface area is 123 Å². The molecule has 20 heavy (non-hydrogen) atoms. The number of benzene rings is 1. The van der Waals surface area contributed by atoms with E-state index in [9.17, 15) is 4.79 Å². The van der Waals surface area contributed by atoms with Gasteiger partial charge in [0, 0.05) is 23.2 Å². The van der Waals surface area contributed by atoms with E-state index in [0.717, 1.165) is 23.2 Å². The SMILES string of the molecule is Cc1ccc2c(N)c(C(=O)N3CC(C)C(C)C3)sc2c1. The summed E-state index contributed by atoms with van der Waals surface area (Å²) in [5.74, 6) is 1.23. The third kappa shape index (κ3) is 2.08. The predicted octanol–water partition coefficient (Wildman–Crippen LogP) is 3.52. The maximum Gasteiger partial charge on any atom is 0.266 e. The van der Waals surface area contributed by atoms with E-state index in [-0.39, 0.29) is 5.91 Å². The molecule has 1 fully saturated rings. The third-order valence-electron chi connectivity index (χ3n) is 4.35. The van der Waals surface area contributed by atoms with E-state index in [0.29, 0.717) is 22.4 Å². The minimum atomic E-state index is 0.0950. The first-order chi connectivity index (χ1) is 9.47. The van der Waals surface area contributed by atoms with Gasteiger partial charge in [-0.25, -0.2) is 0 Å². The zero-order valence-electron chi connectivity index (χ0n) is 12.1. The number of aryl methyl sites for hydroxylation is 1. The summed E-state index contributed by atoms with van der Waals surface area (Å²) >= 11 is 1.52. The number of hydrogen-bond donors (Lipinski definition) is 1. The smallest absolute Gasteiger partial charge is 0.266 e. The van der Waals surface area contributed by atoms with Gasteiger partial charge in [0.05, 0.1) is 5.69 Å². The Morgan fingerprint density at radius 2 is 1.95 bits per heavy atom. The van der Waals surface area contributed by atoms with Gasteiger partial charge < -0.3 is 10.6 Å². The highest BCUT2D eigenvalue weighted by molar-refractivity contribution is 7.21. The topological polar surface area (TPSA) is 46.3 Å². The van der Waals surface area contributed by atoms with Crippen LogP contribution in [-0.4, -0.2) is 23.9 Å². The lowest BCUT2D eigenvalue weighted by molar-refractivity contribution is 0.0791. The second-order valence-corrected chi connectivity index (χ2v) is 7.06. The summed E-state index contributed by atoms with van der Waals surface area (Å²) < 4.78 is 1.10. The van der Waals surface area contributed by atoms with Crippen LogP contribution < -0.4 is 5.73 Å². The second kappa shape index (κ2) is 4.77. The van der Waals surface area contributed by atoms with Gasteiger partial charge in [-0.05, 0) is 30.4 Å². The van der Waals surface area contributed by atoms with Gasteiger partial charge in [-0.15, -0.1) is 11.3 Å². The summed E-state index contributed by atoms with van der Waals surface area (Å²) in [6.45, 7) is 8.14. The van der Waals surface area contributed by atoms with Crippen LogP contribution in [0.2, 0.25) is 0 Å². The zero-order valence-corrected chi connectivity index (χ0v) is 13.0. The van der Waals surface area contributed by atoms with Crippen molar-refractivity contribution in [1.29, 1.82) is 0 Å². The Hall–Kier alpha value is -1.55. The van der Waals surface area contributed by atoms with E-state index in [4.69, 9.17) is 5.73 Å². The number of carbonyl (C=O) groups is 1. The summed E-state index contributed by atoms with van der Waals surface area (Å²) in [5.41, 5.74) is 8.03. The molecule has 1 aliphatic rings. The van der Waals surface area contributed by atoms with Crippen molar-refractivity contribution in [2.45, 2.75) is 20.8 Å². The Morgan fingerprint density at radius 1 is 1.30 bits per heavy atom. The molecule has 2 aromatic rings. The number of amides is 1. The van der Waals surface area contributed by atoms with Crippen molar-refractivity contribution in [3.05, 3.63) is 28.6 Å². The van der Waals surface area contributed by atoms with Crippen molar-refractivity contribution >= 4 is 33.0 Å². The molecule has 1 aromatic heterocycles. The van der Waals surface area contributed by atoms with E-state index >= 15 is 0 Å². The summed E-state index contributed by atoms with van der Waals surface area (Å²) in [6.07, 6.45) is 0. The highest BCUT2D eigenvalue weighted by atomic mass is 32.1. The van der Waals surface area contributed by atoms with Crippen molar-refractivity contribution in [3.8, 4) is 0 Å². The molecular formula is C16H20N2OS. The fourth-order valence-electron chi connectivity index (χ4n) is 2.82. The molecular weight excluding hydrogens is 268 g/mol. The number of anilines is 1. The van der Waals surface area contributed by atoms with Crippen molar-refractivity contribution in [1.82, 2.24) is 4.90 Å². The van der Waals surface area contributed by atoms with E-state index in [1.807, 2.05) is 17.0 Å². The first-order valence-electron chi connectivity index (χ1n) is 7.05. The highest BCUT2D eigenvalue weighted by Crippen LogP contribution is 2.36. The number of hydrogen-bond acceptors (Lipinski definition) is 3. The van der Waals surface area contributed by atoms with Crippen molar-refractivity contribution in [2.75, 3.05) is 18.8 Å². The highest BCUT2D eigenvalue weighted by Gasteiger charge is 2.31. The van der Waals surface area contributed by atoms with Crippen LogP contribution in [0.5, 0.6) is 0 Å². The molecule has 1 aliphatic heterocycles. The van der Waals surface area contributed by atoms with Crippen LogP contribution in [0.3, 0.4) is 0 Å². The summed E-state index contributed by atoms with van der Waals surface area (Å²) in [7, 11) is 0. The number of nitrogen functional groups attached to an aromatic ring is 1. The monoisotopic (exact) mass is 288 g/mol. The molecule has 2 N–H and O–H groups in total. The van der Waals surface area contributed by atoms with E-state index in [1.54, 1.807) is 0 Å². The molecule has 1 amide bonds. The Morgan fingerprint density at radius 3 is 2.60 bits per heavy atom. The normalized spacial score (nSPS) is 22.6. The van der Waals surface area contributed by atoms with Crippen LogP contribution >= 0.6 is 11.3 Å². The second-order valence-electron chi connectivity index (χ2n) is 6.01. The van der Waals surface area contributed by atoms with Gasteiger partial charge in [0.2, 0.25) is 0 Å². The van der Waals surface area contributed by atoms with Crippen LogP contribution in [0.15, 0.2) is 18.2 Å². The van der Waals surface area contributed by atoms with Gasteiger partial charge in [0.25, 0.3) is 5.91 Å². The minimum absolute atomic E-state index is 0.0950. The molecule has 0 radical (unpaired) electrons. The molecule has 3 nitrogen and oxygen atoms in total. The number of nitrogens with zero attached hydrogens (tertiary/aromatic N) is 1. The quantitative estimate of drug-likeness (QED) is 0.872. The maximum absolute atomic E-state index is 12.7. The van der Waals surface area contributed by atoms with Gasteiger partial charge in [-0.3, -0.25) is 4.79 Å². The lowest BCUT2D eigenvalue weighted by Crippen LogP contribution is -2.28. The van der Waals surface area contributed by atoms with Gasteiger partial charge in [0.15, 0.2) is 0 Å². The lowest BCUT2D eigenvalue weighted by atomic mass is 10.0.